The van der Waals surface area contributed by atoms with E-state index < -0.39 is 5.97 Å². The molecule has 0 radical (unpaired) electrons. The first-order valence-corrected chi connectivity index (χ1v) is 9.35. The van der Waals surface area contributed by atoms with Crippen LogP contribution >= 0.6 is 0 Å². The van der Waals surface area contributed by atoms with Gasteiger partial charge in [0.1, 0.15) is 0 Å². The quantitative estimate of drug-likeness (QED) is 0.659. The number of benzene rings is 1. The molecule has 2 rings (SSSR count). The lowest BCUT2D eigenvalue weighted by Gasteiger charge is -2.25. The van der Waals surface area contributed by atoms with Gasteiger partial charge < -0.3 is 19.9 Å². The third kappa shape index (κ3) is 5.64. The molecular weight excluding hydrogens is 334 g/mol. The molecule has 0 aromatic heterocycles. The fourth-order valence-electron chi connectivity index (χ4n) is 3.40. The second kappa shape index (κ2) is 10.0. The SMILES string of the molecule is CCOc1cc(CCCNC(=O)C2CCC(C(=O)O)CC2)ccc1OC. The number of hydrogen-bond donors (Lipinski definition) is 2. The maximum atomic E-state index is 12.2. The van der Waals surface area contributed by atoms with Crippen molar-refractivity contribution in [2.24, 2.45) is 11.8 Å². The van der Waals surface area contributed by atoms with E-state index in [1.165, 1.54) is 0 Å². The van der Waals surface area contributed by atoms with Crippen LogP contribution in [0.5, 0.6) is 11.5 Å². The van der Waals surface area contributed by atoms with Crippen molar-refractivity contribution >= 4 is 11.9 Å². The highest BCUT2D eigenvalue weighted by Gasteiger charge is 2.29. The molecule has 1 aliphatic rings. The Kier molecular flexibility index (Phi) is 7.75. The summed E-state index contributed by atoms with van der Waals surface area (Å²) in [5, 5.41) is 12.0. The van der Waals surface area contributed by atoms with Gasteiger partial charge >= 0.3 is 5.97 Å². The minimum absolute atomic E-state index is 0.0452. The molecule has 1 aliphatic carbocycles. The number of rotatable bonds is 9. The highest BCUT2D eigenvalue weighted by Crippen LogP contribution is 2.29. The molecule has 0 atom stereocenters. The second-order valence-electron chi connectivity index (χ2n) is 6.70. The van der Waals surface area contributed by atoms with Gasteiger partial charge in [0.05, 0.1) is 19.6 Å². The topological polar surface area (TPSA) is 84.9 Å². The predicted octanol–water partition coefficient (Wildman–Crippen LogP) is 3.03. The highest BCUT2D eigenvalue weighted by atomic mass is 16.5. The lowest BCUT2D eigenvalue weighted by molar-refractivity contribution is -0.144. The van der Waals surface area contributed by atoms with Crippen molar-refractivity contribution in [1.29, 1.82) is 0 Å². The van der Waals surface area contributed by atoms with Gasteiger partial charge in [-0.05, 0) is 63.1 Å². The Bertz CT molecular complexity index is 608. The number of methoxy groups -OCH3 is 1. The Labute approximate surface area is 154 Å². The molecule has 0 aliphatic heterocycles. The van der Waals surface area contributed by atoms with Gasteiger partial charge in [-0.15, -0.1) is 0 Å². The summed E-state index contributed by atoms with van der Waals surface area (Å²) in [6.45, 7) is 3.14. The van der Waals surface area contributed by atoms with Crippen molar-refractivity contribution in [1.82, 2.24) is 5.32 Å². The Balaban J connectivity index is 1.72. The van der Waals surface area contributed by atoms with Crippen LogP contribution in [0.2, 0.25) is 0 Å². The molecule has 144 valence electrons. The number of aliphatic carboxylic acids is 1. The fourth-order valence-corrected chi connectivity index (χ4v) is 3.40. The summed E-state index contributed by atoms with van der Waals surface area (Å²) in [6.07, 6.45) is 4.21. The minimum Gasteiger partial charge on any atom is -0.493 e. The Morgan fingerprint density at radius 2 is 1.85 bits per heavy atom. The van der Waals surface area contributed by atoms with E-state index in [0.29, 0.717) is 38.8 Å². The zero-order valence-corrected chi connectivity index (χ0v) is 15.6. The number of carbonyl (C=O) groups is 2. The van der Waals surface area contributed by atoms with Crippen LogP contribution in [0.15, 0.2) is 18.2 Å². The first-order chi connectivity index (χ1) is 12.5. The van der Waals surface area contributed by atoms with E-state index in [2.05, 4.69) is 5.32 Å². The molecule has 2 N–H and O–H groups in total. The van der Waals surface area contributed by atoms with Crippen LogP contribution in [-0.4, -0.2) is 37.2 Å². The summed E-state index contributed by atoms with van der Waals surface area (Å²) in [6, 6.07) is 5.90. The minimum atomic E-state index is -0.741. The van der Waals surface area contributed by atoms with E-state index in [4.69, 9.17) is 14.6 Å². The van der Waals surface area contributed by atoms with Gasteiger partial charge in [-0.2, -0.15) is 0 Å². The zero-order chi connectivity index (χ0) is 18.9. The largest absolute Gasteiger partial charge is 0.493 e. The van der Waals surface area contributed by atoms with Gasteiger partial charge in [0.25, 0.3) is 0 Å². The molecule has 1 saturated carbocycles. The number of amides is 1. The highest BCUT2D eigenvalue weighted by molar-refractivity contribution is 5.79. The molecular formula is C20H29NO5. The molecule has 1 fully saturated rings. The first kappa shape index (κ1) is 20.1. The van der Waals surface area contributed by atoms with Crippen LogP contribution in [0.4, 0.5) is 0 Å². The number of ether oxygens (including phenoxy) is 2. The summed E-state index contributed by atoms with van der Waals surface area (Å²) >= 11 is 0. The van der Waals surface area contributed by atoms with Crippen LogP contribution in [0.3, 0.4) is 0 Å². The first-order valence-electron chi connectivity index (χ1n) is 9.35. The van der Waals surface area contributed by atoms with E-state index in [1.807, 2.05) is 25.1 Å². The smallest absolute Gasteiger partial charge is 0.306 e. The molecule has 6 heteroatoms. The average molecular weight is 363 g/mol. The van der Waals surface area contributed by atoms with Crippen LogP contribution in [0.25, 0.3) is 0 Å². The van der Waals surface area contributed by atoms with Crippen molar-refractivity contribution < 1.29 is 24.2 Å². The zero-order valence-electron chi connectivity index (χ0n) is 15.6. The maximum absolute atomic E-state index is 12.2. The predicted molar refractivity (Wildman–Crippen MR) is 98.6 cm³/mol. The summed E-state index contributed by atoms with van der Waals surface area (Å²) in [7, 11) is 1.62. The summed E-state index contributed by atoms with van der Waals surface area (Å²) in [4.78, 5) is 23.2. The van der Waals surface area contributed by atoms with E-state index in [-0.39, 0.29) is 17.7 Å². The van der Waals surface area contributed by atoms with Crippen molar-refractivity contribution in [2.45, 2.75) is 45.4 Å². The molecule has 0 unspecified atom stereocenters. The Hall–Kier alpha value is -2.24. The fraction of sp³-hybridized carbons (Fsp3) is 0.600. The monoisotopic (exact) mass is 363 g/mol. The lowest BCUT2D eigenvalue weighted by atomic mass is 9.81. The van der Waals surface area contributed by atoms with Crippen molar-refractivity contribution in [3.63, 3.8) is 0 Å². The maximum Gasteiger partial charge on any atom is 0.306 e. The third-order valence-corrected chi connectivity index (χ3v) is 4.92. The molecule has 6 nitrogen and oxygen atoms in total. The van der Waals surface area contributed by atoms with E-state index in [1.54, 1.807) is 7.11 Å². The number of carboxylic acid groups (broad SMARTS) is 1. The van der Waals surface area contributed by atoms with E-state index >= 15 is 0 Å². The van der Waals surface area contributed by atoms with Crippen LogP contribution in [0, 0.1) is 11.8 Å². The van der Waals surface area contributed by atoms with Gasteiger partial charge in [0.2, 0.25) is 5.91 Å². The molecule has 1 aromatic rings. The molecule has 26 heavy (non-hydrogen) atoms. The van der Waals surface area contributed by atoms with Gasteiger partial charge in [0, 0.05) is 12.5 Å². The second-order valence-corrected chi connectivity index (χ2v) is 6.70. The van der Waals surface area contributed by atoms with Gasteiger partial charge in [-0.1, -0.05) is 6.07 Å². The lowest BCUT2D eigenvalue weighted by Crippen LogP contribution is -2.35. The number of carbonyl (C=O) groups excluding carboxylic acids is 1. The van der Waals surface area contributed by atoms with Gasteiger partial charge in [-0.3, -0.25) is 9.59 Å². The summed E-state index contributed by atoms with van der Waals surface area (Å²) in [5.41, 5.74) is 1.14. The van der Waals surface area contributed by atoms with E-state index in [0.717, 1.165) is 29.9 Å². The van der Waals surface area contributed by atoms with Crippen LogP contribution in [-0.2, 0) is 16.0 Å². The average Bonchev–Trinajstić information content (AvgIpc) is 2.65. The van der Waals surface area contributed by atoms with Gasteiger partial charge in [0.15, 0.2) is 11.5 Å². The molecule has 1 amide bonds. The molecule has 0 saturated heterocycles. The molecule has 0 spiro atoms. The summed E-state index contributed by atoms with van der Waals surface area (Å²) in [5.74, 6) is 0.450. The molecule has 0 bridgehead atoms. The van der Waals surface area contributed by atoms with E-state index in [9.17, 15) is 9.59 Å². The van der Waals surface area contributed by atoms with Crippen LogP contribution in [0.1, 0.15) is 44.6 Å². The number of aryl methyl sites for hydroxylation is 1. The molecule has 0 heterocycles. The Morgan fingerprint density at radius 3 is 2.46 bits per heavy atom. The number of nitrogens with one attached hydrogen (secondary N) is 1. The van der Waals surface area contributed by atoms with Crippen molar-refractivity contribution in [2.75, 3.05) is 20.3 Å². The number of hydrogen-bond acceptors (Lipinski definition) is 4. The molecule has 1 aromatic carbocycles. The Morgan fingerprint density at radius 1 is 1.15 bits per heavy atom. The van der Waals surface area contributed by atoms with Crippen LogP contribution < -0.4 is 14.8 Å². The van der Waals surface area contributed by atoms with Crippen molar-refractivity contribution in [3.8, 4) is 11.5 Å². The van der Waals surface area contributed by atoms with Gasteiger partial charge in [-0.25, -0.2) is 0 Å². The van der Waals surface area contributed by atoms with Crippen molar-refractivity contribution in [3.05, 3.63) is 23.8 Å². The third-order valence-electron chi connectivity index (χ3n) is 4.92. The number of carboxylic acids is 1. The summed E-state index contributed by atoms with van der Waals surface area (Å²) < 4.78 is 10.9. The standard InChI is InChI=1S/C20H29NO5/c1-3-26-18-13-14(6-11-17(18)25-2)5-4-12-21-19(22)15-7-9-16(10-8-15)20(23)24/h6,11,13,15-16H,3-5,7-10,12H2,1-2H3,(H,21,22)(H,23,24). The normalized spacial score (nSPS) is 19.6.